The fourth-order valence-corrected chi connectivity index (χ4v) is 2.55. The molecule has 1 amide bonds. The van der Waals surface area contributed by atoms with Gasteiger partial charge in [0.2, 0.25) is 5.91 Å². The van der Waals surface area contributed by atoms with Crippen LogP contribution in [0.3, 0.4) is 0 Å². The number of hydrogen-bond donors (Lipinski definition) is 2. The van der Waals surface area contributed by atoms with Gasteiger partial charge in [-0.1, -0.05) is 6.07 Å². The molecule has 1 aromatic rings. The number of hydrogen-bond acceptors (Lipinski definition) is 4. The molecular weight excluding hydrogens is 268 g/mol. The molecule has 1 heterocycles. The van der Waals surface area contributed by atoms with Gasteiger partial charge in [0.1, 0.15) is 0 Å². The third kappa shape index (κ3) is 4.29. The predicted molar refractivity (Wildman–Crippen MR) is 81.2 cm³/mol. The molecule has 0 radical (unpaired) electrons. The van der Waals surface area contributed by atoms with Gasteiger partial charge in [-0.3, -0.25) is 4.79 Å². The Labute approximate surface area is 125 Å². The van der Waals surface area contributed by atoms with E-state index in [4.69, 9.17) is 4.74 Å². The number of esters is 1. The quantitative estimate of drug-likeness (QED) is 0.834. The van der Waals surface area contributed by atoms with Crippen LogP contribution >= 0.6 is 0 Å². The first-order valence-electron chi connectivity index (χ1n) is 7.41. The van der Waals surface area contributed by atoms with Gasteiger partial charge in [0, 0.05) is 17.6 Å². The second-order valence-electron chi connectivity index (χ2n) is 5.37. The topological polar surface area (TPSA) is 67.4 Å². The Hall–Kier alpha value is -1.88. The Bertz CT molecular complexity index is 516. The van der Waals surface area contributed by atoms with Gasteiger partial charge >= 0.3 is 5.97 Å². The molecule has 0 spiro atoms. The maximum Gasteiger partial charge on any atom is 0.338 e. The molecule has 1 fully saturated rings. The zero-order chi connectivity index (χ0) is 15.2. The van der Waals surface area contributed by atoms with E-state index in [9.17, 15) is 9.59 Å². The second kappa shape index (κ2) is 7.22. The molecule has 0 saturated carbocycles. The molecule has 0 bridgehead atoms. The Morgan fingerprint density at radius 3 is 2.95 bits per heavy atom. The van der Waals surface area contributed by atoms with Crippen molar-refractivity contribution < 1.29 is 14.3 Å². The van der Waals surface area contributed by atoms with Gasteiger partial charge < -0.3 is 15.4 Å². The lowest BCUT2D eigenvalue weighted by molar-refractivity contribution is -0.120. The molecule has 114 valence electrons. The number of carbonyl (C=O) groups excluding carboxylic acids is 2. The van der Waals surface area contributed by atoms with Crippen molar-refractivity contribution in [2.24, 2.45) is 5.92 Å². The molecule has 2 N–H and O–H groups in total. The van der Waals surface area contributed by atoms with Crippen LogP contribution in [0, 0.1) is 5.92 Å². The predicted octanol–water partition coefficient (Wildman–Crippen LogP) is 2.19. The average molecular weight is 290 g/mol. The summed E-state index contributed by atoms with van der Waals surface area (Å²) in [5, 5.41) is 6.22. The van der Waals surface area contributed by atoms with Crippen LogP contribution in [0.2, 0.25) is 0 Å². The summed E-state index contributed by atoms with van der Waals surface area (Å²) < 4.78 is 4.96. The van der Waals surface area contributed by atoms with E-state index in [1.807, 2.05) is 0 Å². The smallest absolute Gasteiger partial charge is 0.338 e. The molecule has 2 atom stereocenters. The van der Waals surface area contributed by atoms with Crippen molar-refractivity contribution in [3.8, 4) is 0 Å². The molecule has 1 aliphatic heterocycles. The van der Waals surface area contributed by atoms with Gasteiger partial charge in [0.25, 0.3) is 0 Å². The first kappa shape index (κ1) is 15.5. The van der Waals surface area contributed by atoms with E-state index < -0.39 is 0 Å². The molecule has 5 nitrogen and oxygen atoms in total. The summed E-state index contributed by atoms with van der Waals surface area (Å²) in [5.74, 6) is -0.332. The summed E-state index contributed by atoms with van der Waals surface area (Å²) >= 11 is 0. The van der Waals surface area contributed by atoms with Gasteiger partial charge in [0.15, 0.2) is 0 Å². The van der Waals surface area contributed by atoms with Crippen molar-refractivity contribution in [2.75, 3.05) is 18.5 Å². The number of rotatable bonds is 4. The molecule has 2 rings (SSSR count). The highest BCUT2D eigenvalue weighted by molar-refractivity contribution is 5.95. The third-order valence-corrected chi connectivity index (χ3v) is 3.64. The fraction of sp³-hybridized carbons (Fsp3) is 0.500. The summed E-state index contributed by atoms with van der Waals surface area (Å²) in [5.41, 5.74) is 1.09. The fourth-order valence-electron chi connectivity index (χ4n) is 2.55. The zero-order valence-electron chi connectivity index (χ0n) is 12.5. The van der Waals surface area contributed by atoms with E-state index in [1.165, 1.54) is 0 Å². The minimum Gasteiger partial charge on any atom is -0.462 e. The maximum absolute atomic E-state index is 12.3. The molecule has 0 aromatic heterocycles. The summed E-state index contributed by atoms with van der Waals surface area (Å²) in [6.45, 7) is 5.05. The standard InChI is InChI=1S/C16H22N2O3/c1-3-21-16(20)13-5-4-6-14(10-13)18-15(19)12-7-8-17-11(2)9-12/h4-6,10-12,17H,3,7-9H2,1-2H3,(H,18,19). The summed E-state index contributed by atoms with van der Waals surface area (Å²) in [6.07, 6.45) is 1.68. The van der Waals surface area contributed by atoms with Crippen LogP contribution in [0.4, 0.5) is 5.69 Å². The largest absolute Gasteiger partial charge is 0.462 e. The molecule has 5 heteroatoms. The van der Waals surface area contributed by atoms with Gasteiger partial charge in [-0.05, 0) is 51.4 Å². The van der Waals surface area contributed by atoms with Crippen LogP contribution in [0.1, 0.15) is 37.0 Å². The number of amides is 1. The molecule has 21 heavy (non-hydrogen) atoms. The summed E-state index contributed by atoms with van der Waals surface area (Å²) in [7, 11) is 0. The lowest BCUT2D eigenvalue weighted by atomic mass is 9.92. The molecule has 1 aliphatic rings. The van der Waals surface area contributed by atoms with Crippen LogP contribution < -0.4 is 10.6 Å². The van der Waals surface area contributed by atoms with Crippen molar-refractivity contribution >= 4 is 17.6 Å². The zero-order valence-corrected chi connectivity index (χ0v) is 12.5. The van der Waals surface area contributed by atoms with Crippen LogP contribution in [0.5, 0.6) is 0 Å². The first-order chi connectivity index (χ1) is 10.1. The molecule has 1 saturated heterocycles. The third-order valence-electron chi connectivity index (χ3n) is 3.64. The number of benzene rings is 1. The van der Waals surface area contributed by atoms with Crippen molar-refractivity contribution in [2.45, 2.75) is 32.7 Å². The minimum atomic E-state index is -0.371. The van der Waals surface area contributed by atoms with E-state index in [-0.39, 0.29) is 17.8 Å². The number of ether oxygens (including phenoxy) is 1. The number of nitrogens with one attached hydrogen (secondary N) is 2. The average Bonchev–Trinajstić information content (AvgIpc) is 2.48. The van der Waals surface area contributed by atoms with Crippen molar-refractivity contribution in [3.63, 3.8) is 0 Å². The van der Waals surface area contributed by atoms with Gasteiger partial charge in [0.05, 0.1) is 12.2 Å². The van der Waals surface area contributed by atoms with E-state index in [1.54, 1.807) is 31.2 Å². The van der Waals surface area contributed by atoms with Crippen LogP contribution in [0.15, 0.2) is 24.3 Å². The van der Waals surface area contributed by atoms with E-state index in [2.05, 4.69) is 17.6 Å². The van der Waals surface area contributed by atoms with Crippen molar-refractivity contribution in [3.05, 3.63) is 29.8 Å². The van der Waals surface area contributed by atoms with Gasteiger partial charge in [-0.25, -0.2) is 4.79 Å². The summed E-state index contributed by atoms with van der Waals surface area (Å²) in [6, 6.07) is 7.22. The first-order valence-corrected chi connectivity index (χ1v) is 7.41. The Morgan fingerprint density at radius 2 is 2.24 bits per heavy atom. The SMILES string of the molecule is CCOC(=O)c1cccc(NC(=O)C2CCNC(C)C2)c1. The highest BCUT2D eigenvalue weighted by Gasteiger charge is 2.24. The van der Waals surface area contributed by atoms with Crippen molar-refractivity contribution in [1.29, 1.82) is 0 Å². The molecule has 0 aliphatic carbocycles. The molecule has 2 unspecified atom stereocenters. The highest BCUT2D eigenvalue weighted by Crippen LogP contribution is 2.19. The lowest BCUT2D eigenvalue weighted by Gasteiger charge is -2.27. The van der Waals surface area contributed by atoms with Gasteiger partial charge in [-0.15, -0.1) is 0 Å². The Morgan fingerprint density at radius 1 is 1.43 bits per heavy atom. The van der Waals surface area contributed by atoms with Crippen LogP contribution in [-0.2, 0) is 9.53 Å². The minimum absolute atomic E-state index is 0.0179. The lowest BCUT2D eigenvalue weighted by Crippen LogP contribution is -2.40. The second-order valence-corrected chi connectivity index (χ2v) is 5.37. The number of piperidine rings is 1. The Balaban J connectivity index is 2.00. The monoisotopic (exact) mass is 290 g/mol. The highest BCUT2D eigenvalue weighted by atomic mass is 16.5. The maximum atomic E-state index is 12.3. The van der Waals surface area contributed by atoms with E-state index in [0.29, 0.717) is 23.9 Å². The summed E-state index contributed by atoms with van der Waals surface area (Å²) in [4.78, 5) is 23.9. The molecular formula is C16H22N2O3. The van der Waals surface area contributed by atoms with Crippen LogP contribution in [0.25, 0.3) is 0 Å². The van der Waals surface area contributed by atoms with Crippen LogP contribution in [-0.4, -0.2) is 31.1 Å². The Kier molecular flexibility index (Phi) is 5.33. The molecule has 1 aromatic carbocycles. The van der Waals surface area contributed by atoms with Gasteiger partial charge in [-0.2, -0.15) is 0 Å². The number of carbonyl (C=O) groups is 2. The van der Waals surface area contributed by atoms with E-state index in [0.717, 1.165) is 19.4 Å². The van der Waals surface area contributed by atoms with E-state index >= 15 is 0 Å². The number of anilines is 1. The normalized spacial score (nSPS) is 21.6. The van der Waals surface area contributed by atoms with Crippen molar-refractivity contribution in [1.82, 2.24) is 5.32 Å².